The number of hydrogen-bond acceptors (Lipinski definition) is 3. The van der Waals surface area contributed by atoms with E-state index < -0.39 is 0 Å². The molecule has 1 saturated heterocycles. The Bertz CT molecular complexity index is 536. The molecular formula is C17H24BrN3O. The molecule has 1 amide bonds. The number of rotatable bonds is 4. The van der Waals surface area contributed by atoms with Gasteiger partial charge in [-0.1, -0.05) is 18.6 Å². The molecule has 4 nitrogen and oxygen atoms in total. The topological polar surface area (TPSA) is 58.4 Å². The Balaban J connectivity index is 1.57. The molecule has 0 radical (unpaired) electrons. The molecular weight excluding hydrogens is 342 g/mol. The molecule has 1 aromatic rings. The van der Waals surface area contributed by atoms with Gasteiger partial charge in [-0.3, -0.25) is 4.79 Å². The normalized spacial score (nSPS) is 28.1. The monoisotopic (exact) mass is 365 g/mol. The Morgan fingerprint density at radius 2 is 2.14 bits per heavy atom. The van der Waals surface area contributed by atoms with Crippen molar-refractivity contribution < 1.29 is 4.79 Å². The van der Waals surface area contributed by atoms with Crippen LogP contribution in [-0.2, 0) is 4.79 Å². The van der Waals surface area contributed by atoms with Crippen molar-refractivity contribution >= 4 is 27.5 Å². The summed E-state index contributed by atoms with van der Waals surface area (Å²) < 4.78 is 1.11. The minimum Gasteiger partial charge on any atom is -0.368 e. The summed E-state index contributed by atoms with van der Waals surface area (Å²) in [5, 5.41) is 3.25. The van der Waals surface area contributed by atoms with Crippen LogP contribution < -0.4 is 16.0 Å². The summed E-state index contributed by atoms with van der Waals surface area (Å²) in [6, 6.07) is 8.51. The molecule has 3 rings (SSSR count). The first-order valence-electron chi connectivity index (χ1n) is 8.19. The van der Waals surface area contributed by atoms with E-state index in [-0.39, 0.29) is 17.9 Å². The van der Waals surface area contributed by atoms with E-state index in [2.05, 4.69) is 44.3 Å². The molecule has 22 heavy (non-hydrogen) atoms. The number of carbonyl (C=O) groups excluding carboxylic acids is 1. The third kappa shape index (κ3) is 3.30. The van der Waals surface area contributed by atoms with Crippen LogP contribution in [0.25, 0.3) is 0 Å². The predicted molar refractivity (Wildman–Crippen MR) is 92.8 cm³/mol. The van der Waals surface area contributed by atoms with Gasteiger partial charge in [0.1, 0.15) is 0 Å². The summed E-state index contributed by atoms with van der Waals surface area (Å²) >= 11 is 3.61. The molecule has 1 aliphatic carbocycles. The molecule has 1 unspecified atom stereocenters. The highest BCUT2D eigenvalue weighted by molar-refractivity contribution is 9.10. The third-order valence-electron chi connectivity index (χ3n) is 5.03. The predicted octanol–water partition coefficient (Wildman–Crippen LogP) is 2.52. The maximum absolute atomic E-state index is 12.5. The van der Waals surface area contributed by atoms with Crippen LogP contribution in [0.2, 0.25) is 0 Å². The van der Waals surface area contributed by atoms with Crippen molar-refractivity contribution in [2.75, 3.05) is 24.5 Å². The van der Waals surface area contributed by atoms with Crippen LogP contribution in [0.5, 0.6) is 0 Å². The van der Waals surface area contributed by atoms with E-state index in [4.69, 9.17) is 5.73 Å². The van der Waals surface area contributed by atoms with Crippen molar-refractivity contribution in [3.63, 3.8) is 0 Å². The molecule has 0 bridgehead atoms. The van der Waals surface area contributed by atoms with Gasteiger partial charge >= 0.3 is 0 Å². The maximum Gasteiger partial charge on any atom is 0.223 e. The molecule has 2 fully saturated rings. The number of benzene rings is 1. The lowest BCUT2D eigenvalue weighted by molar-refractivity contribution is -0.126. The Labute approximate surface area is 140 Å². The van der Waals surface area contributed by atoms with Crippen molar-refractivity contribution in [3.8, 4) is 0 Å². The summed E-state index contributed by atoms with van der Waals surface area (Å²) in [5.74, 6) is 0.718. The summed E-state index contributed by atoms with van der Waals surface area (Å²) in [6.07, 6.45) is 4.23. The number of para-hydroxylation sites is 1. The molecule has 3 atom stereocenters. The largest absolute Gasteiger partial charge is 0.368 e. The summed E-state index contributed by atoms with van der Waals surface area (Å²) in [6.45, 7) is 2.50. The first-order valence-corrected chi connectivity index (χ1v) is 8.98. The highest BCUT2D eigenvalue weighted by Crippen LogP contribution is 2.32. The smallest absolute Gasteiger partial charge is 0.223 e. The summed E-state index contributed by atoms with van der Waals surface area (Å²) in [4.78, 5) is 14.8. The van der Waals surface area contributed by atoms with Crippen LogP contribution in [0, 0.1) is 11.8 Å². The van der Waals surface area contributed by atoms with E-state index in [1.165, 1.54) is 5.69 Å². The number of anilines is 1. The van der Waals surface area contributed by atoms with Gasteiger partial charge in [-0.05, 0) is 59.8 Å². The summed E-state index contributed by atoms with van der Waals surface area (Å²) in [7, 11) is 0. The number of carbonyl (C=O) groups is 1. The molecule has 1 heterocycles. The van der Waals surface area contributed by atoms with Crippen molar-refractivity contribution in [1.29, 1.82) is 0 Å². The number of nitrogens with zero attached hydrogens (tertiary/aromatic N) is 1. The van der Waals surface area contributed by atoms with Crippen molar-refractivity contribution in [3.05, 3.63) is 28.7 Å². The molecule has 5 heteroatoms. The second-order valence-corrected chi connectivity index (χ2v) is 7.28. The number of halogens is 1. The van der Waals surface area contributed by atoms with Crippen molar-refractivity contribution in [1.82, 2.24) is 5.32 Å². The van der Waals surface area contributed by atoms with Gasteiger partial charge in [0.2, 0.25) is 5.91 Å². The molecule has 2 aliphatic rings. The van der Waals surface area contributed by atoms with Crippen LogP contribution in [0.1, 0.15) is 25.7 Å². The average Bonchev–Trinajstić information content (AvgIpc) is 3.16. The molecule has 1 saturated carbocycles. The van der Waals surface area contributed by atoms with Gasteiger partial charge in [0.15, 0.2) is 0 Å². The van der Waals surface area contributed by atoms with Crippen molar-refractivity contribution in [2.24, 2.45) is 17.6 Å². The van der Waals surface area contributed by atoms with Gasteiger partial charge in [0.25, 0.3) is 0 Å². The molecule has 0 aromatic heterocycles. The number of nitrogens with two attached hydrogens (primary N) is 1. The van der Waals surface area contributed by atoms with Gasteiger partial charge in [0, 0.05) is 29.5 Å². The second kappa shape index (κ2) is 7.01. The number of hydrogen-bond donors (Lipinski definition) is 2. The second-order valence-electron chi connectivity index (χ2n) is 6.42. The lowest BCUT2D eigenvalue weighted by Gasteiger charge is -2.22. The van der Waals surface area contributed by atoms with E-state index in [1.807, 2.05) is 6.07 Å². The van der Waals surface area contributed by atoms with Gasteiger partial charge in [-0.15, -0.1) is 0 Å². The average molecular weight is 366 g/mol. The Kier molecular flexibility index (Phi) is 5.03. The minimum atomic E-state index is 0.127. The quantitative estimate of drug-likeness (QED) is 0.861. The first-order chi connectivity index (χ1) is 10.7. The molecule has 3 N–H and O–H groups in total. The van der Waals surface area contributed by atoms with E-state index in [0.717, 1.165) is 43.2 Å². The lowest BCUT2D eigenvalue weighted by atomic mass is 9.95. The van der Waals surface area contributed by atoms with Crippen LogP contribution >= 0.6 is 15.9 Å². The van der Waals surface area contributed by atoms with Crippen LogP contribution in [0.3, 0.4) is 0 Å². The Morgan fingerprint density at radius 1 is 1.32 bits per heavy atom. The molecule has 1 aliphatic heterocycles. The highest BCUT2D eigenvalue weighted by atomic mass is 79.9. The number of amides is 1. The van der Waals surface area contributed by atoms with Crippen LogP contribution in [0.15, 0.2) is 28.7 Å². The number of nitrogens with one attached hydrogen (secondary N) is 1. The van der Waals surface area contributed by atoms with Gasteiger partial charge in [0.05, 0.1) is 5.69 Å². The molecule has 1 aromatic carbocycles. The lowest BCUT2D eigenvalue weighted by Crippen LogP contribution is -2.42. The third-order valence-corrected chi connectivity index (χ3v) is 5.70. The van der Waals surface area contributed by atoms with Crippen molar-refractivity contribution in [2.45, 2.75) is 31.7 Å². The van der Waals surface area contributed by atoms with E-state index >= 15 is 0 Å². The van der Waals surface area contributed by atoms with E-state index in [0.29, 0.717) is 12.5 Å². The highest BCUT2D eigenvalue weighted by Gasteiger charge is 2.34. The van der Waals surface area contributed by atoms with Crippen LogP contribution in [-0.4, -0.2) is 31.6 Å². The minimum absolute atomic E-state index is 0.127. The molecule has 120 valence electrons. The van der Waals surface area contributed by atoms with Gasteiger partial charge in [-0.2, -0.15) is 0 Å². The zero-order chi connectivity index (χ0) is 15.5. The van der Waals surface area contributed by atoms with Gasteiger partial charge in [-0.25, -0.2) is 0 Å². The molecule has 0 spiro atoms. The zero-order valence-corrected chi connectivity index (χ0v) is 14.4. The zero-order valence-electron chi connectivity index (χ0n) is 12.8. The van der Waals surface area contributed by atoms with E-state index in [9.17, 15) is 4.79 Å². The fourth-order valence-corrected chi connectivity index (χ4v) is 4.31. The summed E-state index contributed by atoms with van der Waals surface area (Å²) in [5.41, 5.74) is 7.00. The fourth-order valence-electron chi connectivity index (χ4n) is 3.78. The standard InChI is InChI=1S/C17H24BrN3O/c18-15-6-1-2-7-16(15)21-9-8-13(11-21)20-17(22)14-5-3-4-12(14)10-19/h1-2,6-7,12-14H,3-5,8-11,19H2,(H,20,22)/t12-,13?,14-/m1/s1. The SMILES string of the molecule is NC[C@H]1CCC[C@H]1C(=O)NC1CCN(c2ccccc2Br)C1. The maximum atomic E-state index is 12.5. The Morgan fingerprint density at radius 3 is 2.91 bits per heavy atom. The fraction of sp³-hybridized carbons (Fsp3) is 0.588. The van der Waals surface area contributed by atoms with E-state index in [1.54, 1.807) is 0 Å². The van der Waals surface area contributed by atoms with Gasteiger partial charge < -0.3 is 16.0 Å². The Hall–Kier alpha value is -1.07. The first kappa shape index (κ1) is 15.8. The van der Waals surface area contributed by atoms with Crippen LogP contribution in [0.4, 0.5) is 5.69 Å².